The zero-order chi connectivity index (χ0) is 16.6. The van der Waals surface area contributed by atoms with Crippen LogP contribution in [0.15, 0.2) is 53.3 Å². The van der Waals surface area contributed by atoms with Crippen LogP contribution in [0, 0.1) is 17.0 Å². The van der Waals surface area contributed by atoms with Crippen molar-refractivity contribution in [1.29, 1.82) is 0 Å². The number of pyridine rings is 1. The van der Waals surface area contributed by atoms with E-state index in [1.54, 1.807) is 20.0 Å². The van der Waals surface area contributed by atoms with Crippen LogP contribution in [-0.4, -0.2) is 9.49 Å². The molecule has 2 aromatic carbocycles. The fourth-order valence-corrected chi connectivity index (χ4v) is 2.40. The SMILES string of the molecule is Cc1ccc([N+](=O)[O-])cc1Oc1cc(=O)n(C)c2ccccc12. The van der Waals surface area contributed by atoms with Crippen molar-refractivity contribution < 1.29 is 9.66 Å². The molecule has 0 saturated carbocycles. The second-order valence-corrected chi connectivity index (χ2v) is 5.23. The van der Waals surface area contributed by atoms with E-state index in [2.05, 4.69) is 0 Å². The number of benzene rings is 2. The second-order valence-electron chi connectivity index (χ2n) is 5.23. The number of aromatic nitrogens is 1. The van der Waals surface area contributed by atoms with E-state index in [9.17, 15) is 14.9 Å². The highest BCUT2D eigenvalue weighted by Gasteiger charge is 2.13. The average molecular weight is 310 g/mol. The van der Waals surface area contributed by atoms with Gasteiger partial charge in [-0.3, -0.25) is 14.9 Å². The molecule has 23 heavy (non-hydrogen) atoms. The molecule has 0 amide bonds. The van der Waals surface area contributed by atoms with Crippen molar-refractivity contribution in [2.24, 2.45) is 7.05 Å². The standard InChI is InChI=1S/C17H14N2O4/c1-11-7-8-12(19(21)22)9-15(11)23-16-10-17(20)18(2)14-6-4-3-5-13(14)16/h3-10H,1-2H3. The number of hydrogen-bond acceptors (Lipinski definition) is 4. The van der Waals surface area contributed by atoms with Gasteiger partial charge in [0.1, 0.15) is 11.5 Å². The first-order valence-corrected chi connectivity index (χ1v) is 6.99. The molecule has 0 bridgehead atoms. The van der Waals surface area contributed by atoms with Crippen LogP contribution in [0.4, 0.5) is 5.69 Å². The Kier molecular flexibility index (Phi) is 3.57. The van der Waals surface area contributed by atoms with Gasteiger partial charge >= 0.3 is 0 Å². The Balaban J connectivity index is 2.16. The minimum absolute atomic E-state index is 0.0567. The van der Waals surface area contributed by atoms with E-state index in [-0.39, 0.29) is 11.2 Å². The maximum absolute atomic E-state index is 12.1. The van der Waals surface area contributed by atoms with E-state index >= 15 is 0 Å². The van der Waals surface area contributed by atoms with Crippen molar-refractivity contribution in [3.63, 3.8) is 0 Å². The third kappa shape index (κ3) is 2.66. The number of aryl methyl sites for hydroxylation is 2. The maximum atomic E-state index is 12.1. The van der Waals surface area contributed by atoms with E-state index in [1.807, 2.05) is 24.3 Å². The number of hydrogen-bond donors (Lipinski definition) is 0. The van der Waals surface area contributed by atoms with Crippen LogP contribution in [-0.2, 0) is 7.05 Å². The van der Waals surface area contributed by atoms with Crippen molar-refractivity contribution in [3.05, 3.63) is 74.6 Å². The van der Waals surface area contributed by atoms with Crippen LogP contribution < -0.4 is 10.3 Å². The Morgan fingerprint density at radius 3 is 2.57 bits per heavy atom. The number of rotatable bonds is 3. The Morgan fingerprint density at radius 2 is 1.83 bits per heavy atom. The van der Waals surface area contributed by atoms with E-state index in [0.29, 0.717) is 11.5 Å². The van der Waals surface area contributed by atoms with Gasteiger partial charge in [-0.05, 0) is 30.7 Å². The lowest BCUT2D eigenvalue weighted by molar-refractivity contribution is -0.384. The molecule has 0 aliphatic rings. The summed E-state index contributed by atoms with van der Waals surface area (Å²) in [6, 6.07) is 13.1. The summed E-state index contributed by atoms with van der Waals surface area (Å²) in [4.78, 5) is 22.5. The smallest absolute Gasteiger partial charge is 0.273 e. The number of para-hydroxylation sites is 1. The van der Waals surface area contributed by atoms with Crippen LogP contribution in [0.5, 0.6) is 11.5 Å². The average Bonchev–Trinajstić information content (AvgIpc) is 2.54. The van der Waals surface area contributed by atoms with E-state index in [0.717, 1.165) is 16.5 Å². The Morgan fingerprint density at radius 1 is 1.09 bits per heavy atom. The van der Waals surface area contributed by atoms with E-state index < -0.39 is 4.92 Å². The van der Waals surface area contributed by atoms with Gasteiger partial charge in [-0.25, -0.2) is 0 Å². The molecule has 0 atom stereocenters. The summed E-state index contributed by atoms with van der Waals surface area (Å²) in [5.41, 5.74) is 1.22. The molecule has 6 nitrogen and oxygen atoms in total. The zero-order valence-electron chi connectivity index (χ0n) is 12.6. The maximum Gasteiger partial charge on any atom is 0.273 e. The lowest BCUT2D eigenvalue weighted by Crippen LogP contribution is -2.16. The Labute approximate surface area is 131 Å². The third-order valence-electron chi connectivity index (χ3n) is 3.72. The van der Waals surface area contributed by atoms with Gasteiger partial charge in [-0.2, -0.15) is 0 Å². The highest BCUT2D eigenvalue weighted by Crippen LogP contribution is 2.32. The van der Waals surface area contributed by atoms with Crippen LogP contribution in [0.1, 0.15) is 5.56 Å². The lowest BCUT2D eigenvalue weighted by atomic mass is 10.2. The fraction of sp³-hybridized carbons (Fsp3) is 0.118. The predicted molar refractivity (Wildman–Crippen MR) is 87.1 cm³/mol. The molecule has 0 saturated heterocycles. The third-order valence-corrected chi connectivity index (χ3v) is 3.72. The van der Waals surface area contributed by atoms with Crippen LogP contribution in [0.3, 0.4) is 0 Å². The van der Waals surface area contributed by atoms with Crippen molar-refractivity contribution in [3.8, 4) is 11.5 Å². The van der Waals surface area contributed by atoms with Gasteiger partial charge < -0.3 is 9.30 Å². The predicted octanol–water partition coefficient (Wildman–Crippen LogP) is 3.55. The molecule has 0 unspecified atom stereocenters. The van der Waals surface area contributed by atoms with Gasteiger partial charge in [-0.15, -0.1) is 0 Å². The van der Waals surface area contributed by atoms with Crippen molar-refractivity contribution in [2.45, 2.75) is 6.92 Å². The Hall–Kier alpha value is -3.15. The molecule has 0 aliphatic heterocycles. The van der Waals surface area contributed by atoms with E-state index in [1.165, 1.54) is 22.8 Å². The normalized spacial score (nSPS) is 10.7. The molecule has 0 fully saturated rings. The number of ether oxygens (including phenoxy) is 1. The summed E-state index contributed by atoms with van der Waals surface area (Å²) in [5.74, 6) is 0.741. The summed E-state index contributed by atoms with van der Waals surface area (Å²) >= 11 is 0. The van der Waals surface area contributed by atoms with Crippen LogP contribution >= 0.6 is 0 Å². The summed E-state index contributed by atoms with van der Waals surface area (Å²) < 4.78 is 7.36. The largest absolute Gasteiger partial charge is 0.456 e. The molecule has 116 valence electrons. The van der Waals surface area contributed by atoms with Crippen LogP contribution in [0.25, 0.3) is 10.9 Å². The molecule has 1 aromatic heterocycles. The molecule has 0 radical (unpaired) electrons. The number of nitro groups is 1. The molecule has 0 N–H and O–H groups in total. The first-order valence-electron chi connectivity index (χ1n) is 6.99. The molecule has 6 heteroatoms. The number of fused-ring (bicyclic) bond motifs is 1. The van der Waals surface area contributed by atoms with Crippen molar-refractivity contribution in [1.82, 2.24) is 4.57 Å². The highest BCUT2D eigenvalue weighted by atomic mass is 16.6. The molecule has 0 spiro atoms. The van der Waals surface area contributed by atoms with Gasteiger partial charge in [0, 0.05) is 24.6 Å². The lowest BCUT2D eigenvalue weighted by Gasteiger charge is -2.12. The molecular weight excluding hydrogens is 296 g/mol. The van der Waals surface area contributed by atoms with Gasteiger partial charge in [0.2, 0.25) is 0 Å². The molecule has 3 rings (SSSR count). The molecular formula is C17H14N2O4. The summed E-state index contributed by atoms with van der Waals surface area (Å²) in [5, 5.41) is 11.7. The van der Waals surface area contributed by atoms with Gasteiger partial charge in [0.25, 0.3) is 11.2 Å². The van der Waals surface area contributed by atoms with Gasteiger partial charge in [-0.1, -0.05) is 12.1 Å². The molecule has 3 aromatic rings. The second kappa shape index (κ2) is 5.57. The summed E-state index contributed by atoms with van der Waals surface area (Å²) in [6.45, 7) is 1.79. The van der Waals surface area contributed by atoms with Crippen molar-refractivity contribution in [2.75, 3.05) is 0 Å². The monoisotopic (exact) mass is 310 g/mol. The van der Waals surface area contributed by atoms with Gasteiger partial charge in [0.15, 0.2) is 0 Å². The fourth-order valence-electron chi connectivity index (χ4n) is 2.40. The Bertz CT molecular complexity index is 976. The molecule has 0 aliphatic carbocycles. The minimum atomic E-state index is -0.478. The topological polar surface area (TPSA) is 74.4 Å². The first-order chi connectivity index (χ1) is 11.0. The first kappa shape index (κ1) is 14.8. The quantitative estimate of drug-likeness (QED) is 0.547. The number of nitrogens with zero attached hydrogens (tertiary/aromatic N) is 2. The molecule has 1 heterocycles. The van der Waals surface area contributed by atoms with E-state index in [4.69, 9.17) is 4.74 Å². The van der Waals surface area contributed by atoms with Crippen molar-refractivity contribution >= 4 is 16.6 Å². The summed E-state index contributed by atoms with van der Waals surface area (Å²) in [6.07, 6.45) is 0. The highest BCUT2D eigenvalue weighted by molar-refractivity contribution is 5.85. The number of non-ortho nitro benzene ring substituents is 1. The minimum Gasteiger partial charge on any atom is -0.456 e. The van der Waals surface area contributed by atoms with Gasteiger partial charge in [0.05, 0.1) is 16.5 Å². The zero-order valence-corrected chi connectivity index (χ0v) is 12.6. The van der Waals surface area contributed by atoms with Crippen LogP contribution in [0.2, 0.25) is 0 Å². The number of nitro benzene ring substituents is 1. The summed E-state index contributed by atoms with van der Waals surface area (Å²) in [7, 11) is 1.69.